The number of nitrogens with zero attached hydrogens (tertiary/aromatic N) is 1. The molecule has 1 aromatic rings. The van der Waals surface area contributed by atoms with E-state index < -0.39 is 15.6 Å². The molecule has 0 aromatic heterocycles. The summed E-state index contributed by atoms with van der Waals surface area (Å²) in [6, 6.07) is 4.83. The highest BCUT2D eigenvalue weighted by molar-refractivity contribution is 7.89. The summed E-state index contributed by atoms with van der Waals surface area (Å²) in [7, 11) is -4.08. The van der Waals surface area contributed by atoms with Gasteiger partial charge >= 0.3 is 0 Å². The number of hydrogen-bond donors (Lipinski definition) is 0. The van der Waals surface area contributed by atoms with Gasteiger partial charge in [0.25, 0.3) is 10.0 Å². The molecule has 0 N–H and O–H groups in total. The van der Waals surface area contributed by atoms with Crippen LogP contribution in [0, 0.1) is 13.8 Å². The van der Waals surface area contributed by atoms with E-state index >= 15 is 0 Å². The van der Waals surface area contributed by atoms with Crippen LogP contribution in [0.3, 0.4) is 0 Å². The zero-order valence-electron chi connectivity index (χ0n) is 10.8. The van der Waals surface area contributed by atoms with E-state index in [9.17, 15) is 12.9 Å². The number of benzene rings is 1. The van der Waals surface area contributed by atoms with Crippen molar-refractivity contribution in [2.45, 2.75) is 45.1 Å². The van der Waals surface area contributed by atoms with Crippen LogP contribution in [0.15, 0.2) is 23.1 Å². The second-order valence-electron chi connectivity index (χ2n) is 5.16. The fourth-order valence-electron chi connectivity index (χ4n) is 1.54. The first-order valence-electron chi connectivity index (χ1n) is 5.35. The molecule has 1 rings (SSSR count). The van der Waals surface area contributed by atoms with Crippen LogP contribution in [0.2, 0.25) is 0 Å². The summed E-state index contributed by atoms with van der Waals surface area (Å²) >= 11 is 0. The summed E-state index contributed by atoms with van der Waals surface area (Å²) in [5.41, 5.74) is 0.412. The Bertz CT molecular complexity index is 518. The van der Waals surface area contributed by atoms with Crippen LogP contribution in [0.1, 0.15) is 31.9 Å². The zero-order valence-corrected chi connectivity index (χ0v) is 11.6. The molecule has 0 bridgehead atoms. The number of sulfonamides is 1. The fourth-order valence-corrected chi connectivity index (χ4v) is 3.14. The molecule has 0 aliphatic rings. The molecule has 3 nitrogen and oxygen atoms in total. The predicted molar refractivity (Wildman–Crippen MR) is 65.8 cm³/mol. The summed E-state index contributed by atoms with van der Waals surface area (Å²) in [5.74, 6) is 0. The average molecular weight is 259 g/mol. The Balaban J connectivity index is 3.32. The molecule has 0 saturated carbocycles. The summed E-state index contributed by atoms with van der Waals surface area (Å²) in [4.78, 5) is 0.0144. The topological polar surface area (TPSA) is 37.4 Å². The first-order chi connectivity index (χ1) is 7.56. The van der Waals surface area contributed by atoms with Crippen LogP contribution in [0.5, 0.6) is 0 Å². The van der Waals surface area contributed by atoms with E-state index in [1.807, 2.05) is 6.92 Å². The van der Waals surface area contributed by atoms with E-state index in [4.69, 9.17) is 0 Å². The number of halogens is 1. The molecule has 0 fully saturated rings. The van der Waals surface area contributed by atoms with Crippen LogP contribution in [0.25, 0.3) is 0 Å². The lowest BCUT2D eigenvalue weighted by Crippen LogP contribution is -2.39. The van der Waals surface area contributed by atoms with Crippen molar-refractivity contribution in [3.8, 4) is 0 Å². The second kappa shape index (κ2) is 4.38. The lowest BCUT2D eigenvalue weighted by atomic mass is 10.1. The van der Waals surface area contributed by atoms with Crippen molar-refractivity contribution in [2.75, 3.05) is 0 Å². The van der Waals surface area contributed by atoms with E-state index in [-0.39, 0.29) is 9.42 Å². The van der Waals surface area contributed by atoms with Crippen LogP contribution >= 0.6 is 0 Å². The van der Waals surface area contributed by atoms with Gasteiger partial charge in [0.15, 0.2) is 0 Å². The van der Waals surface area contributed by atoms with E-state index in [1.165, 1.54) is 26.8 Å². The zero-order chi connectivity index (χ0) is 13.4. The highest BCUT2D eigenvalue weighted by Gasteiger charge is 2.35. The van der Waals surface area contributed by atoms with Gasteiger partial charge in [-0.05, 0) is 50.8 Å². The molecule has 0 aliphatic heterocycles. The Morgan fingerprint density at radius 1 is 1.18 bits per heavy atom. The van der Waals surface area contributed by atoms with Gasteiger partial charge < -0.3 is 0 Å². The molecule has 96 valence electrons. The molecule has 0 unspecified atom stereocenters. The summed E-state index contributed by atoms with van der Waals surface area (Å²) in [6.07, 6.45) is 0. The molecule has 0 amide bonds. The van der Waals surface area contributed by atoms with Crippen LogP contribution in [-0.4, -0.2) is 18.5 Å². The molecular weight excluding hydrogens is 241 g/mol. The quantitative estimate of drug-likeness (QED) is 0.766. The van der Waals surface area contributed by atoms with Crippen LogP contribution < -0.4 is 0 Å². The molecule has 0 atom stereocenters. The molecule has 5 heteroatoms. The minimum Gasteiger partial charge on any atom is -0.205 e. The van der Waals surface area contributed by atoms with Crippen molar-refractivity contribution < 1.29 is 12.9 Å². The monoisotopic (exact) mass is 259 g/mol. The van der Waals surface area contributed by atoms with E-state index in [2.05, 4.69) is 0 Å². The smallest absolute Gasteiger partial charge is 0.205 e. The highest BCUT2D eigenvalue weighted by atomic mass is 32.2. The third kappa shape index (κ3) is 2.84. The minimum atomic E-state index is -4.08. The van der Waals surface area contributed by atoms with Gasteiger partial charge in [0.2, 0.25) is 0 Å². The van der Waals surface area contributed by atoms with E-state index in [0.29, 0.717) is 5.56 Å². The van der Waals surface area contributed by atoms with Gasteiger partial charge in [-0.15, -0.1) is 4.48 Å². The fraction of sp³-hybridized carbons (Fsp3) is 0.500. The van der Waals surface area contributed by atoms with Crippen molar-refractivity contribution in [3.05, 3.63) is 29.3 Å². The first kappa shape index (κ1) is 14.1. The average Bonchev–Trinajstić information content (AvgIpc) is 2.14. The third-order valence-corrected chi connectivity index (χ3v) is 4.33. The van der Waals surface area contributed by atoms with Crippen LogP contribution in [0.4, 0.5) is 4.48 Å². The maximum Gasteiger partial charge on any atom is 0.269 e. The lowest BCUT2D eigenvalue weighted by Gasteiger charge is -2.26. The van der Waals surface area contributed by atoms with Gasteiger partial charge in [0.1, 0.15) is 0 Å². The second-order valence-corrected chi connectivity index (χ2v) is 6.87. The highest BCUT2D eigenvalue weighted by Crippen LogP contribution is 2.27. The maximum absolute atomic E-state index is 13.9. The van der Waals surface area contributed by atoms with E-state index in [1.54, 1.807) is 19.1 Å². The SMILES string of the molecule is Cc1ccc(S(=O)(=O)N(F)C(C)(C)C)c(C)c1. The largest absolute Gasteiger partial charge is 0.269 e. The van der Waals surface area contributed by atoms with Crippen molar-refractivity contribution in [1.82, 2.24) is 4.53 Å². The van der Waals surface area contributed by atoms with Gasteiger partial charge in [-0.2, -0.15) is 0 Å². The molecule has 0 radical (unpaired) electrons. The Hall–Kier alpha value is -0.940. The van der Waals surface area contributed by atoms with Gasteiger partial charge in [-0.1, -0.05) is 17.7 Å². The van der Waals surface area contributed by atoms with Gasteiger partial charge in [0, 0.05) is 0 Å². The van der Waals surface area contributed by atoms with Crippen molar-refractivity contribution in [1.29, 1.82) is 0 Å². The Morgan fingerprint density at radius 3 is 2.12 bits per heavy atom. The normalized spacial score (nSPS) is 13.1. The Morgan fingerprint density at radius 2 is 1.71 bits per heavy atom. The Kier molecular flexibility index (Phi) is 3.64. The number of rotatable bonds is 2. The maximum atomic E-state index is 13.9. The van der Waals surface area contributed by atoms with E-state index in [0.717, 1.165) is 5.56 Å². The minimum absolute atomic E-state index is 0.0144. The molecular formula is C12H18FNO2S. The lowest BCUT2D eigenvalue weighted by molar-refractivity contribution is 0.0418. The van der Waals surface area contributed by atoms with Gasteiger partial charge in [-0.25, -0.2) is 8.42 Å². The van der Waals surface area contributed by atoms with Crippen molar-refractivity contribution in [2.24, 2.45) is 0 Å². The molecule has 0 heterocycles. The standard InChI is InChI=1S/C12H18FNO2S/c1-9-6-7-11(10(2)8-9)17(15,16)14(13)12(3,4)5/h6-8H,1-5H3. The van der Waals surface area contributed by atoms with Gasteiger partial charge in [-0.3, -0.25) is 0 Å². The van der Waals surface area contributed by atoms with Crippen molar-refractivity contribution in [3.63, 3.8) is 0 Å². The number of hydrogen-bond acceptors (Lipinski definition) is 2. The molecule has 17 heavy (non-hydrogen) atoms. The molecule has 0 saturated heterocycles. The predicted octanol–water partition coefficient (Wildman–Crippen LogP) is 2.98. The Labute approximate surface area is 102 Å². The van der Waals surface area contributed by atoms with Gasteiger partial charge in [0.05, 0.1) is 10.4 Å². The van der Waals surface area contributed by atoms with Crippen LogP contribution in [-0.2, 0) is 10.0 Å². The summed E-state index contributed by atoms with van der Waals surface area (Å²) in [6.45, 7) is 8.05. The summed E-state index contributed by atoms with van der Waals surface area (Å²) in [5, 5.41) is 0. The summed E-state index contributed by atoms with van der Waals surface area (Å²) < 4.78 is 37.9. The third-order valence-electron chi connectivity index (χ3n) is 2.35. The first-order valence-corrected chi connectivity index (χ1v) is 6.79. The number of aryl methyl sites for hydroxylation is 2. The molecule has 1 aromatic carbocycles. The molecule has 0 spiro atoms. The van der Waals surface area contributed by atoms with Crippen molar-refractivity contribution >= 4 is 10.0 Å². The molecule has 0 aliphatic carbocycles.